The molecule has 0 unspecified atom stereocenters. The molecule has 2 N–H and O–H groups in total. The predicted molar refractivity (Wildman–Crippen MR) is 170 cm³/mol. The average Bonchev–Trinajstić information content (AvgIpc) is 3.05. The summed E-state index contributed by atoms with van der Waals surface area (Å²) in [5.74, 6) is -0.440. The second kappa shape index (κ2) is 16.8. The van der Waals surface area contributed by atoms with Gasteiger partial charge in [-0.1, -0.05) is 88.3 Å². The van der Waals surface area contributed by atoms with Crippen molar-refractivity contribution in [1.29, 1.82) is 0 Å². The van der Waals surface area contributed by atoms with Gasteiger partial charge in [0.2, 0.25) is 0 Å². The smallest absolute Gasteiger partial charge is 0.343 e. The van der Waals surface area contributed by atoms with Crippen LogP contribution in [0.25, 0.3) is 11.1 Å². The maximum Gasteiger partial charge on any atom is 0.343 e. The van der Waals surface area contributed by atoms with Gasteiger partial charge in [0.1, 0.15) is 35.2 Å². The number of rotatable bonds is 16. The topological polar surface area (TPSA) is 102 Å². The zero-order valence-electron chi connectivity index (χ0n) is 25.2. The maximum absolute atomic E-state index is 12.7. The highest BCUT2D eigenvalue weighted by Gasteiger charge is 2.14. The molecule has 0 spiro atoms. The Morgan fingerprint density at radius 2 is 1.23 bits per heavy atom. The molecule has 230 valence electrons. The Balaban J connectivity index is 1.20. The molecule has 0 heterocycles. The highest BCUT2D eigenvalue weighted by molar-refractivity contribution is 5.93. The van der Waals surface area contributed by atoms with E-state index in [1.165, 1.54) is 57.1 Å². The molecule has 0 aromatic heterocycles. The number of hydrogen-bond acceptors (Lipinski definition) is 7. The van der Waals surface area contributed by atoms with Crippen LogP contribution < -0.4 is 9.47 Å². The van der Waals surface area contributed by atoms with Gasteiger partial charge in [0.05, 0.1) is 12.2 Å². The van der Waals surface area contributed by atoms with E-state index in [1.54, 1.807) is 36.4 Å². The minimum Gasteiger partial charge on any atom is -0.508 e. The molecule has 0 amide bonds. The Morgan fingerprint density at radius 3 is 1.86 bits per heavy atom. The predicted octanol–water partition coefficient (Wildman–Crippen LogP) is 8.86. The minimum absolute atomic E-state index is 0.0723. The van der Waals surface area contributed by atoms with Gasteiger partial charge in [-0.3, -0.25) is 0 Å². The molecule has 4 aromatic carbocycles. The second-order valence-corrected chi connectivity index (χ2v) is 10.7. The zero-order chi connectivity index (χ0) is 31.1. The number of benzene rings is 4. The summed E-state index contributed by atoms with van der Waals surface area (Å²) in [6.07, 6.45) is 10.2. The van der Waals surface area contributed by atoms with E-state index in [-0.39, 0.29) is 23.7 Å². The van der Waals surface area contributed by atoms with Gasteiger partial charge in [-0.15, -0.1) is 0 Å². The summed E-state index contributed by atoms with van der Waals surface area (Å²) in [5, 5.41) is 19.3. The van der Waals surface area contributed by atoms with Gasteiger partial charge in [0.25, 0.3) is 0 Å². The number of ether oxygens (including phenoxy) is 3. The SMILES string of the molecule is CCCCCCCCCCOc1ccc(-c2ccc(OC(=O)c3ccc(COC(=O)c4cc(O)ccc4O)cc3)cc2)cc1. The van der Waals surface area contributed by atoms with Crippen molar-refractivity contribution in [2.45, 2.75) is 64.9 Å². The van der Waals surface area contributed by atoms with E-state index in [2.05, 4.69) is 6.92 Å². The monoisotopic (exact) mass is 596 g/mol. The molecular formula is C37H40O7. The number of unbranched alkanes of at least 4 members (excludes halogenated alkanes) is 7. The molecule has 0 aliphatic heterocycles. The van der Waals surface area contributed by atoms with Crippen molar-refractivity contribution in [3.8, 4) is 34.1 Å². The van der Waals surface area contributed by atoms with E-state index in [0.717, 1.165) is 36.0 Å². The highest BCUT2D eigenvalue weighted by Crippen LogP contribution is 2.26. The first-order valence-electron chi connectivity index (χ1n) is 15.3. The largest absolute Gasteiger partial charge is 0.508 e. The van der Waals surface area contributed by atoms with Crippen LogP contribution in [0.4, 0.5) is 0 Å². The summed E-state index contributed by atoms with van der Waals surface area (Å²) >= 11 is 0. The third kappa shape index (κ3) is 9.90. The number of phenols is 2. The third-order valence-electron chi connectivity index (χ3n) is 7.28. The van der Waals surface area contributed by atoms with Crippen LogP contribution in [0.3, 0.4) is 0 Å². The van der Waals surface area contributed by atoms with Gasteiger partial charge in [0.15, 0.2) is 0 Å². The van der Waals surface area contributed by atoms with Crippen molar-refractivity contribution in [2.75, 3.05) is 6.61 Å². The fraction of sp³-hybridized carbons (Fsp3) is 0.297. The van der Waals surface area contributed by atoms with Crippen LogP contribution in [-0.2, 0) is 11.3 Å². The lowest BCUT2D eigenvalue weighted by atomic mass is 10.1. The molecule has 4 aromatic rings. The average molecular weight is 597 g/mol. The van der Waals surface area contributed by atoms with Crippen molar-refractivity contribution < 1.29 is 34.0 Å². The Morgan fingerprint density at radius 1 is 0.636 bits per heavy atom. The van der Waals surface area contributed by atoms with Crippen molar-refractivity contribution in [1.82, 2.24) is 0 Å². The number of carbonyl (C=O) groups excluding carboxylic acids is 2. The van der Waals surface area contributed by atoms with Crippen LogP contribution in [0.5, 0.6) is 23.0 Å². The Kier molecular flexibility index (Phi) is 12.2. The molecule has 0 radical (unpaired) electrons. The van der Waals surface area contributed by atoms with E-state index in [1.807, 2.05) is 36.4 Å². The standard InChI is InChI=1S/C37H40O7/c1-2-3-4-5-6-7-8-9-24-42-32-19-14-28(15-20-32)29-16-21-33(22-17-29)44-36(40)30-12-10-27(11-13-30)26-43-37(41)34-25-31(38)18-23-35(34)39/h10-23,25,38-39H,2-9,24,26H2,1H3. The molecule has 0 saturated carbocycles. The van der Waals surface area contributed by atoms with Crippen LogP contribution in [0.1, 0.15) is 84.6 Å². The van der Waals surface area contributed by atoms with Crippen LogP contribution in [0, 0.1) is 0 Å². The molecule has 7 nitrogen and oxygen atoms in total. The lowest BCUT2D eigenvalue weighted by Crippen LogP contribution is -2.09. The second-order valence-electron chi connectivity index (χ2n) is 10.7. The molecule has 0 fully saturated rings. The maximum atomic E-state index is 12.7. The number of carbonyl (C=O) groups is 2. The van der Waals surface area contributed by atoms with Crippen LogP contribution in [-0.4, -0.2) is 28.8 Å². The van der Waals surface area contributed by atoms with Crippen LogP contribution in [0.15, 0.2) is 91.0 Å². The Labute approximate surface area is 259 Å². The molecule has 0 saturated heterocycles. The van der Waals surface area contributed by atoms with Crippen molar-refractivity contribution in [3.63, 3.8) is 0 Å². The van der Waals surface area contributed by atoms with E-state index in [9.17, 15) is 19.8 Å². The first kappa shape index (κ1) is 32.1. The molecular weight excluding hydrogens is 556 g/mol. The zero-order valence-corrected chi connectivity index (χ0v) is 25.2. The first-order valence-corrected chi connectivity index (χ1v) is 15.3. The van der Waals surface area contributed by atoms with Gasteiger partial charge >= 0.3 is 11.9 Å². The number of hydrogen-bond donors (Lipinski definition) is 2. The van der Waals surface area contributed by atoms with Gasteiger partial charge < -0.3 is 24.4 Å². The van der Waals surface area contributed by atoms with Gasteiger partial charge in [-0.05, 0) is 77.7 Å². The first-order chi connectivity index (χ1) is 21.4. The fourth-order valence-electron chi connectivity index (χ4n) is 4.70. The number of aromatic hydroxyl groups is 2. The van der Waals surface area contributed by atoms with Crippen LogP contribution >= 0.6 is 0 Å². The van der Waals surface area contributed by atoms with Crippen LogP contribution in [0.2, 0.25) is 0 Å². The molecule has 7 heteroatoms. The van der Waals surface area contributed by atoms with Gasteiger partial charge in [0, 0.05) is 0 Å². The lowest BCUT2D eigenvalue weighted by molar-refractivity contribution is 0.0468. The summed E-state index contributed by atoms with van der Waals surface area (Å²) in [5.41, 5.74) is 2.89. The van der Waals surface area contributed by atoms with Gasteiger partial charge in [-0.25, -0.2) is 9.59 Å². The summed E-state index contributed by atoms with van der Waals surface area (Å²) in [7, 11) is 0. The normalized spacial score (nSPS) is 10.8. The highest BCUT2D eigenvalue weighted by atomic mass is 16.5. The molecule has 0 atom stereocenters. The number of esters is 2. The Bertz CT molecular complexity index is 1480. The third-order valence-corrected chi connectivity index (χ3v) is 7.28. The molecule has 0 aliphatic rings. The minimum atomic E-state index is -0.774. The summed E-state index contributed by atoms with van der Waals surface area (Å²) in [6, 6.07) is 25.4. The molecule has 44 heavy (non-hydrogen) atoms. The van der Waals surface area contributed by atoms with E-state index < -0.39 is 11.9 Å². The van der Waals surface area contributed by atoms with Gasteiger partial charge in [-0.2, -0.15) is 0 Å². The van der Waals surface area contributed by atoms with E-state index in [4.69, 9.17) is 14.2 Å². The molecule has 4 rings (SSSR count). The molecule has 0 bridgehead atoms. The summed E-state index contributed by atoms with van der Waals surface area (Å²) in [4.78, 5) is 24.9. The van der Waals surface area contributed by atoms with E-state index >= 15 is 0 Å². The fourth-order valence-corrected chi connectivity index (χ4v) is 4.70. The lowest BCUT2D eigenvalue weighted by Gasteiger charge is -2.09. The molecule has 0 aliphatic carbocycles. The summed E-state index contributed by atoms with van der Waals surface area (Å²) < 4.78 is 16.6. The van der Waals surface area contributed by atoms with Crippen molar-refractivity contribution >= 4 is 11.9 Å². The van der Waals surface area contributed by atoms with E-state index in [0.29, 0.717) is 16.9 Å². The van der Waals surface area contributed by atoms with Crippen molar-refractivity contribution in [3.05, 3.63) is 108 Å². The Hall–Kier alpha value is -4.78. The quantitative estimate of drug-likeness (QED) is 0.0576. The van der Waals surface area contributed by atoms with Crippen molar-refractivity contribution in [2.24, 2.45) is 0 Å². The number of phenolic OH excluding ortho intramolecular Hbond substituents is 2. The summed E-state index contributed by atoms with van der Waals surface area (Å²) in [6.45, 7) is 2.90.